The molecule has 5 rings (SSSR count). The van der Waals surface area contributed by atoms with E-state index in [1.807, 2.05) is 0 Å². The Labute approximate surface area is 139 Å². The summed E-state index contributed by atoms with van der Waals surface area (Å²) in [6.07, 6.45) is 8.29. The highest BCUT2D eigenvalue weighted by molar-refractivity contribution is 5.88. The highest BCUT2D eigenvalue weighted by atomic mass is 16.5. The van der Waals surface area contributed by atoms with Gasteiger partial charge in [-0.3, -0.25) is 0 Å². The maximum atomic E-state index is 5.55. The lowest BCUT2D eigenvalue weighted by atomic mass is 9.97. The molecule has 0 N–H and O–H groups in total. The van der Waals surface area contributed by atoms with Crippen molar-refractivity contribution in [3.05, 3.63) is 24.4 Å². The van der Waals surface area contributed by atoms with Gasteiger partial charge in [0.05, 0.1) is 5.39 Å². The minimum atomic E-state index is 0.382. The fraction of sp³-hybridized carbons (Fsp3) is 0.529. The Morgan fingerprint density at radius 3 is 2.75 bits per heavy atom. The molecule has 1 saturated heterocycles. The van der Waals surface area contributed by atoms with Gasteiger partial charge in [-0.2, -0.15) is 4.98 Å². The molecule has 1 aliphatic heterocycles. The number of hydrogen-bond acceptors (Lipinski definition) is 6. The van der Waals surface area contributed by atoms with Crippen molar-refractivity contribution in [2.75, 3.05) is 20.1 Å². The molecule has 0 radical (unpaired) electrons. The Kier molecular flexibility index (Phi) is 3.16. The van der Waals surface area contributed by atoms with E-state index < -0.39 is 0 Å². The van der Waals surface area contributed by atoms with Crippen molar-refractivity contribution in [1.29, 1.82) is 0 Å². The third-order valence-corrected chi connectivity index (χ3v) is 5.18. The van der Waals surface area contributed by atoms with Crippen LogP contribution in [0.1, 0.15) is 43.5 Å². The molecule has 7 nitrogen and oxygen atoms in total. The highest BCUT2D eigenvalue weighted by Crippen LogP contribution is 2.38. The zero-order chi connectivity index (χ0) is 16.1. The molecule has 0 aromatic carbocycles. The second-order valence-electron chi connectivity index (χ2n) is 6.95. The molecule has 0 unspecified atom stereocenters. The molecular formula is C17H20N6O. The van der Waals surface area contributed by atoms with Gasteiger partial charge in [0, 0.05) is 18.2 Å². The highest BCUT2D eigenvalue weighted by Gasteiger charge is 2.27. The van der Waals surface area contributed by atoms with Gasteiger partial charge in [-0.05, 0) is 51.9 Å². The van der Waals surface area contributed by atoms with Crippen molar-refractivity contribution in [3.63, 3.8) is 0 Å². The smallest absolute Gasteiger partial charge is 0.277 e. The summed E-state index contributed by atoms with van der Waals surface area (Å²) in [6.45, 7) is 2.16. The van der Waals surface area contributed by atoms with Crippen LogP contribution < -0.4 is 0 Å². The lowest BCUT2D eigenvalue weighted by Gasteiger charge is -2.26. The largest absolute Gasteiger partial charge is 0.332 e. The first-order valence-electron chi connectivity index (χ1n) is 8.63. The molecule has 0 atom stereocenters. The number of piperidine rings is 1. The van der Waals surface area contributed by atoms with E-state index in [-0.39, 0.29) is 0 Å². The van der Waals surface area contributed by atoms with Crippen LogP contribution in [0.25, 0.3) is 22.6 Å². The van der Waals surface area contributed by atoms with Gasteiger partial charge in [-0.25, -0.2) is 9.97 Å². The summed E-state index contributed by atoms with van der Waals surface area (Å²) in [5.41, 5.74) is 1.70. The van der Waals surface area contributed by atoms with Crippen LogP contribution >= 0.6 is 0 Å². The first-order chi connectivity index (χ1) is 11.8. The van der Waals surface area contributed by atoms with Gasteiger partial charge in [0.1, 0.15) is 17.7 Å². The van der Waals surface area contributed by atoms with Crippen molar-refractivity contribution in [3.8, 4) is 11.6 Å². The molecule has 2 aliphatic rings. The first-order valence-corrected chi connectivity index (χ1v) is 8.63. The maximum absolute atomic E-state index is 5.55. The van der Waals surface area contributed by atoms with E-state index in [1.54, 1.807) is 6.33 Å². The Bertz CT molecular complexity index is 872. The standard InChI is InChI=1S/C17H20N6O/c1-22-7-4-11(5-8-22)15-20-17(24-21-15)14-13-6-9-23(12-2-3-12)16(13)19-10-18-14/h6,9-12H,2-5,7-8H2,1H3. The molecule has 4 heterocycles. The summed E-state index contributed by atoms with van der Waals surface area (Å²) >= 11 is 0. The Hall–Kier alpha value is -2.28. The van der Waals surface area contributed by atoms with E-state index in [9.17, 15) is 0 Å². The summed E-state index contributed by atoms with van der Waals surface area (Å²) < 4.78 is 7.78. The Morgan fingerprint density at radius 1 is 1.12 bits per heavy atom. The zero-order valence-corrected chi connectivity index (χ0v) is 13.7. The summed E-state index contributed by atoms with van der Waals surface area (Å²) in [4.78, 5) is 15.9. The van der Waals surface area contributed by atoms with Gasteiger partial charge in [0.2, 0.25) is 0 Å². The molecule has 3 aromatic rings. The predicted molar refractivity (Wildman–Crippen MR) is 88.6 cm³/mol. The van der Waals surface area contributed by atoms with E-state index in [0.29, 0.717) is 17.9 Å². The van der Waals surface area contributed by atoms with Gasteiger partial charge in [0.15, 0.2) is 5.82 Å². The topological polar surface area (TPSA) is 72.9 Å². The normalized spacial score (nSPS) is 20.0. The van der Waals surface area contributed by atoms with Gasteiger partial charge in [-0.15, -0.1) is 0 Å². The minimum Gasteiger partial charge on any atom is -0.332 e. The molecule has 7 heteroatoms. The molecule has 0 amide bonds. The van der Waals surface area contributed by atoms with E-state index in [4.69, 9.17) is 4.52 Å². The van der Waals surface area contributed by atoms with Crippen LogP contribution in [0.4, 0.5) is 0 Å². The van der Waals surface area contributed by atoms with Crippen LogP contribution in [-0.2, 0) is 0 Å². The van der Waals surface area contributed by atoms with Crippen LogP contribution in [0.2, 0.25) is 0 Å². The van der Waals surface area contributed by atoms with Crippen LogP contribution in [0.3, 0.4) is 0 Å². The zero-order valence-electron chi connectivity index (χ0n) is 13.7. The van der Waals surface area contributed by atoms with Crippen LogP contribution in [0.15, 0.2) is 23.1 Å². The summed E-state index contributed by atoms with van der Waals surface area (Å²) in [6, 6.07) is 2.64. The number of rotatable bonds is 3. The van der Waals surface area contributed by atoms with Gasteiger partial charge < -0.3 is 14.0 Å². The van der Waals surface area contributed by atoms with E-state index in [1.165, 1.54) is 12.8 Å². The van der Waals surface area contributed by atoms with E-state index in [2.05, 4.69) is 48.9 Å². The third kappa shape index (κ3) is 2.31. The monoisotopic (exact) mass is 324 g/mol. The molecule has 124 valence electrons. The SMILES string of the molecule is CN1CCC(c2noc(-c3ncnc4c3ccn4C3CC3)n2)CC1. The molecule has 24 heavy (non-hydrogen) atoms. The summed E-state index contributed by atoms with van der Waals surface area (Å²) in [5, 5.41) is 5.22. The van der Waals surface area contributed by atoms with Crippen molar-refractivity contribution in [2.45, 2.75) is 37.6 Å². The second kappa shape index (κ2) is 5.37. The predicted octanol–water partition coefficient (Wildman–Crippen LogP) is 2.63. The average Bonchev–Trinajstić information content (AvgIpc) is 3.17. The second-order valence-corrected chi connectivity index (χ2v) is 6.95. The third-order valence-electron chi connectivity index (χ3n) is 5.18. The molecule has 2 fully saturated rings. The Balaban J connectivity index is 1.49. The van der Waals surface area contributed by atoms with Gasteiger partial charge in [-0.1, -0.05) is 5.16 Å². The lowest BCUT2D eigenvalue weighted by molar-refractivity contribution is 0.248. The minimum absolute atomic E-state index is 0.382. The lowest BCUT2D eigenvalue weighted by Crippen LogP contribution is -2.29. The van der Waals surface area contributed by atoms with Crippen molar-refractivity contribution >= 4 is 11.0 Å². The van der Waals surface area contributed by atoms with Crippen LogP contribution in [0.5, 0.6) is 0 Å². The molecule has 0 spiro atoms. The number of nitrogens with zero attached hydrogens (tertiary/aromatic N) is 6. The summed E-state index contributed by atoms with van der Waals surface area (Å²) in [7, 11) is 2.15. The van der Waals surface area contributed by atoms with Crippen molar-refractivity contribution in [2.24, 2.45) is 0 Å². The van der Waals surface area contributed by atoms with Crippen LogP contribution in [-0.4, -0.2) is 49.7 Å². The van der Waals surface area contributed by atoms with Crippen LogP contribution in [0, 0.1) is 0 Å². The number of fused-ring (bicyclic) bond motifs is 1. The van der Waals surface area contributed by atoms with E-state index in [0.717, 1.165) is 48.5 Å². The maximum Gasteiger partial charge on any atom is 0.277 e. The fourth-order valence-electron chi connectivity index (χ4n) is 3.55. The van der Waals surface area contributed by atoms with E-state index >= 15 is 0 Å². The summed E-state index contributed by atoms with van der Waals surface area (Å²) in [5.74, 6) is 1.70. The first kappa shape index (κ1) is 14.1. The number of likely N-dealkylation sites (tertiary alicyclic amines) is 1. The Morgan fingerprint density at radius 2 is 1.96 bits per heavy atom. The fourth-order valence-corrected chi connectivity index (χ4v) is 3.55. The average molecular weight is 324 g/mol. The van der Waals surface area contributed by atoms with Gasteiger partial charge in [0.25, 0.3) is 5.89 Å². The molecule has 1 aliphatic carbocycles. The van der Waals surface area contributed by atoms with Crippen molar-refractivity contribution < 1.29 is 4.52 Å². The molecule has 1 saturated carbocycles. The molecule has 0 bridgehead atoms. The number of hydrogen-bond donors (Lipinski definition) is 0. The molecular weight excluding hydrogens is 304 g/mol. The quantitative estimate of drug-likeness (QED) is 0.737. The van der Waals surface area contributed by atoms with Crippen molar-refractivity contribution in [1.82, 2.24) is 29.6 Å². The molecule has 3 aromatic heterocycles. The number of aromatic nitrogens is 5. The van der Waals surface area contributed by atoms with Gasteiger partial charge >= 0.3 is 0 Å².